The summed E-state index contributed by atoms with van der Waals surface area (Å²) in [4.78, 5) is 11.0. The molecular formula is C9H8BrFO2. The van der Waals surface area contributed by atoms with Gasteiger partial charge in [-0.25, -0.2) is 9.18 Å². The molecule has 0 saturated carbocycles. The van der Waals surface area contributed by atoms with Crippen LogP contribution in [0.15, 0.2) is 18.2 Å². The topological polar surface area (TPSA) is 26.3 Å². The van der Waals surface area contributed by atoms with Gasteiger partial charge in [-0.1, -0.05) is 28.1 Å². The Labute approximate surface area is 83.8 Å². The molecule has 4 heteroatoms. The van der Waals surface area contributed by atoms with E-state index in [1.165, 1.54) is 13.2 Å². The van der Waals surface area contributed by atoms with Crippen molar-refractivity contribution in [2.45, 2.75) is 5.33 Å². The quantitative estimate of drug-likeness (QED) is 0.592. The lowest BCUT2D eigenvalue weighted by Crippen LogP contribution is -2.05. The predicted molar refractivity (Wildman–Crippen MR) is 50.4 cm³/mol. The highest BCUT2D eigenvalue weighted by Gasteiger charge is 2.13. The van der Waals surface area contributed by atoms with Crippen molar-refractivity contribution < 1.29 is 13.9 Å². The molecule has 70 valence electrons. The van der Waals surface area contributed by atoms with Crippen molar-refractivity contribution in [1.82, 2.24) is 0 Å². The van der Waals surface area contributed by atoms with E-state index in [1.807, 2.05) is 0 Å². The number of alkyl halides is 1. The standard InChI is InChI=1S/C9H8BrFO2/c1-13-9(12)7-4-2-3-6(5-10)8(7)11/h2-4H,5H2,1H3. The molecule has 1 aromatic rings. The van der Waals surface area contributed by atoms with Gasteiger partial charge in [0, 0.05) is 5.33 Å². The summed E-state index contributed by atoms with van der Waals surface area (Å²) in [5.41, 5.74) is 0.419. The van der Waals surface area contributed by atoms with Gasteiger partial charge in [-0.15, -0.1) is 0 Å². The molecule has 0 amide bonds. The van der Waals surface area contributed by atoms with E-state index < -0.39 is 11.8 Å². The molecule has 0 aliphatic rings. The Hall–Kier alpha value is -0.900. The van der Waals surface area contributed by atoms with Gasteiger partial charge < -0.3 is 4.74 Å². The van der Waals surface area contributed by atoms with Crippen molar-refractivity contribution in [2.75, 3.05) is 7.11 Å². The summed E-state index contributed by atoms with van der Waals surface area (Å²) in [5, 5.41) is 0.379. The van der Waals surface area contributed by atoms with Crippen LogP contribution in [-0.2, 0) is 10.1 Å². The first-order valence-electron chi connectivity index (χ1n) is 3.62. The molecule has 13 heavy (non-hydrogen) atoms. The molecule has 0 heterocycles. The predicted octanol–water partition coefficient (Wildman–Crippen LogP) is 2.51. The SMILES string of the molecule is COC(=O)c1cccc(CBr)c1F. The molecule has 0 unspecified atom stereocenters. The van der Waals surface area contributed by atoms with E-state index in [9.17, 15) is 9.18 Å². The highest BCUT2D eigenvalue weighted by Crippen LogP contribution is 2.16. The van der Waals surface area contributed by atoms with Crippen LogP contribution >= 0.6 is 15.9 Å². The number of benzene rings is 1. The molecule has 1 aromatic carbocycles. The Balaban J connectivity index is 3.15. The third-order valence-corrected chi connectivity index (χ3v) is 2.23. The number of halogens is 2. The van der Waals surface area contributed by atoms with E-state index in [0.717, 1.165) is 0 Å². The van der Waals surface area contributed by atoms with Crippen molar-refractivity contribution in [3.8, 4) is 0 Å². The van der Waals surface area contributed by atoms with Gasteiger partial charge in [0.05, 0.1) is 12.7 Å². The van der Waals surface area contributed by atoms with Gasteiger partial charge in [0.2, 0.25) is 0 Å². The van der Waals surface area contributed by atoms with Gasteiger partial charge >= 0.3 is 5.97 Å². The summed E-state index contributed by atoms with van der Waals surface area (Å²) in [5.74, 6) is -1.17. The number of carbonyl (C=O) groups excluding carboxylic acids is 1. The monoisotopic (exact) mass is 246 g/mol. The third-order valence-electron chi connectivity index (χ3n) is 1.63. The third kappa shape index (κ3) is 2.06. The Morgan fingerprint density at radius 3 is 2.85 bits per heavy atom. The average Bonchev–Trinajstić information content (AvgIpc) is 2.17. The number of hydrogen-bond acceptors (Lipinski definition) is 2. The number of methoxy groups -OCH3 is 1. The minimum absolute atomic E-state index is 0.0283. The lowest BCUT2D eigenvalue weighted by Gasteiger charge is -2.03. The van der Waals surface area contributed by atoms with E-state index in [0.29, 0.717) is 10.9 Å². The van der Waals surface area contributed by atoms with Gasteiger partial charge in [-0.05, 0) is 11.6 Å². The normalized spacial score (nSPS) is 9.77. The van der Waals surface area contributed by atoms with Crippen LogP contribution in [0.2, 0.25) is 0 Å². The number of ether oxygens (including phenoxy) is 1. The van der Waals surface area contributed by atoms with E-state index in [2.05, 4.69) is 20.7 Å². The zero-order valence-electron chi connectivity index (χ0n) is 7.01. The molecule has 1 rings (SSSR count). The fourth-order valence-electron chi connectivity index (χ4n) is 0.951. The molecule has 0 spiro atoms. The van der Waals surface area contributed by atoms with E-state index in [-0.39, 0.29) is 5.56 Å². The molecule has 0 aliphatic carbocycles. The van der Waals surface area contributed by atoms with Crippen molar-refractivity contribution >= 4 is 21.9 Å². The first kappa shape index (κ1) is 10.2. The molecule has 0 N–H and O–H groups in total. The molecular weight excluding hydrogens is 239 g/mol. The summed E-state index contributed by atoms with van der Waals surface area (Å²) in [6.45, 7) is 0. The first-order chi connectivity index (χ1) is 6.20. The summed E-state index contributed by atoms with van der Waals surface area (Å²) >= 11 is 3.12. The molecule has 2 nitrogen and oxygen atoms in total. The molecule has 0 fully saturated rings. The maximum atomic E-state index is 13.4. The highest BCUT2D eigenvalue weighted by atomic mass is 79.9. The highest BCUT2D eigenvalue weighted by molar-refractivity contribution is 9.08. The van der Waals surface area contributed by atoms with Crippen LogP contribution in [0.3, 0.4) is 0 Å². The van der Waals surface area contributed by atoms with Crippen LogP contribution in [0.1, 0.15) is 15.9 Å². The van der Waals surface area contributed by atoms with Crippen LogP contribution in [0.25, 0.3) is 0 Å². The second kappa shape index (κ2) is 4.37. The number of esters is 1. The fourth-order valence-corrected chi connectivity index (χ4v) is 1.38. The minimum Gasteiger partial charge on any atom is -0.465 e. The van der Waals surface area contributed by atoms with Gasteiger partial charge in [-0.2, -0.15) is 0 Å². The van der Waals surface area contributed by atoms with Gasteiger partial charge in [-0.3, -0.25) is 0 Å². The van der Waals surface area contributed by atoms with E-state index in [4.69, 9.17) is 0 Å². The molecule has 0 radical (unpaired) electrons. The van der Waals surface area contributed by atoms with Crippen LogP contribution in [0.4, 0.5) is 4.39 Å². The van der Waals surface area contributed by atoms with E-state index in [1.54, 1.807) is 12.1 Å². The molecule has 0 saturated heterocycles. The largest absolute Gasteiger partial charge is 0.465 e. The smallest absolute Gasteiger partial charge is 0.340 e. The Morgan fingerprint density at radius 2 is 2.31 bits per heavy atom. The first-order valence-corrected chi connectivity index (χ1v) is 4.74. The maximum absolute atomic E-state index is 13.4. The van der Waals surface area contributed by atoms with Crippen LogP contribution in [0, 0.1) is 5.82 Å². The zero-order chi connectivity index (χ0) is 9.84. The zero-order valence-corrected chi connectivity index (χ0v) is 8.60. The summed E-state index contributed by atoms with van der Waals surface area (Å²) < 4.78 is 17.8. The van der Waals surface area contributed by atoms with E-state index >= 15 is 0 Å². The minimum atomic E-state index is -0.653. The lowest BCUT2D eigenvalue weighted by molar-refractivity contribution is 0.0595. The van der Waals surface area contributed by atoms with Gasteiger partial charge in [0.15, 0.2) is 0 Å². The summed E-state index contributed by atoms with van der Waals surface area (Å²) in [6.07, 6.45) is 0. The lowest BCUT2D eigenvalue weighted by atomic mass is 10.1. The fraction of sp³-hybridized carbons (Fsp3) is 0.222. The number of hydrogen-bond donors (Lipinski definition) is 0. The van der Waals surface area contributed by atoms with Gasteiger partial charge in [0.1, 0.15) is 5.82 Å². The van der Waals surface area contributed by atoms with Crippen LogP contribution in [-0.4, -0.2) is 13.1 Å². The van der Waals surface area contributed by atoms with Gasteiger partial charge in [0.25, 0.3) is 0 Å². The Morgan fingerprint density at radius 1 is 1.62 bits per heavy atom. The second-order valence-electron chi connectivity index (χ2n) is 2.40. The van der Waals surface area contributed by atoms with Crippen molar-refractivity contribution in [3.05, 3.63) is 35.1 Å². The molecule has 0 bridgehead atoms. The van der Waals surface area contributed by atoms with Crippen molar-refractivity contribution in [1.29, 1.82) is 0 Å². The number of rotatable bonds is 2. The maximum Gasteiger partial charge on any atom is 0.340 e. The molecule has 0 atom stereocenters. The van der Waals surface area contributed by atoms with Crippen molar-refractivity contribution in [2.24, 2.45) is 0 Å². The van der Waals surface area contributed by atoms with Crippen LogP contribution in [0.5, 0.6) is 0 Å². The summed E-state index contributed by atoms with van der Waals surface area (Å²) in [6, 6.07) is 4.62. The Bertz CT molecular complexity index is 325. The van der Waals surface area contributed by atoms with Crippen molar-refractivity contribution in [3.63, 3.8) is 0 Å². The summed E-state index contributed by atoms with van der Waals surface area (Å²) in [7, 11) is 1.22. The van der Waals surface area contributed by atoms with Crippen LogP contribution < -0.4 is 0 Å². The number of carbonyl (C=O) groups is 1. The molecule has 0 aromatic heterocycles. The molecule has 0 aliphatic heterocycles. The average molecular weight is 247 g/mol. The second-order valence-corrected chi connectivity index (χ2v) is 2.96. The Kier molecular flexibility index (Phi) is 3.42.